The van der Waals surface area contributed by atoms with Gasteiger partial charge < -0.3 is 9.88 Å². The van der Waals surface area contributed by atoms with Gasteiger partial charge in [0.05, 0.1) is 0 Å². The molecule has 0 radical (unpaired) electrons. The summed E-state index contributed by atoms with van der Waals surface area (Å²) in [5.74, 6) is 1.11. The molecule has 1 aromatic rings. The first-order valence-electron chi connectivity index (χ1n) is 6.59. The van der Waals surface area contributed by atoms with Crippen LogP contribution in [0.25, 0.3) is 0 Å². The Labute approximate surface area is 104 Å². The highest BCUT2D eigenvalue weighted by molar-refractivity contribution is 4.93. The van der Waals surface area contributed by atoms with E-state index in [4.69, 9.17) is 0 Å². The van der Waals surface area contributed by atoms with Gasteiger partial charge in [-0.15, -0.1) is 0 Å². The van der Waals surface area contributed by atoms with Gasteiger partial charge in [-0.25, -0.2) is 4.98 Å². The predicted octanol–water partition coefficient (Wildman–Crippen LogP) is 1.27. The minimum atomic E-state index is 0.312. The number of imidazole rings is 1. The fourth-order valence-electron chi connectivity index (χ4n) is 2.55. The molecule has 0 bridgehead atoms. The maximum atomic E-state index is 4.27. The molecule has 0 spiro atoms. The van der Waals surface area contributed by atoms with Crippen molar-refractivity contribution in [1.82, 2.24) is 19.8 Å². The average Bonchev–Trinajstić information content (AvgIpc) is 2.74. The van der Waals surface area contributed by atoms with Gasteiger partial charge in [0, 0.05) is 50.7 Å². The Hall–Kier alpha value is -0.870. The fourth-order valence-corrected chi connectivity index (χ4v) is 2.55. The van der Waals surface area contributed by atoms with Gasteiger partial charge >= 0.3 is 0 Å². The average molecular weight is 236 g/mol. The molecule has 96 valence electrons. The summed E-state index contributed by atoms with van der Waals surface area (Å²) >= 11 is 0. The maximum absolute atomic E-state index is 4.27. The van der Waals surface area contributed by atoms with E-state index in [1.165, 1.54) is 6.42 Å². The lowest BCUT2D eigenvalue weighted by Crippen LogP contribution is -2.59. The van der Waals surface area contributed by atoms with Gasteiger partial charge in [-0.05, 0) is 20.3 Å². The summed E-state index contributed by atoms with van der Waals surface area (Å²) in [7, 11) is 0. The van der Waals surface area contributed by atoms with E-state index in [9.17, 15) is 0 Å². The number of piperazine rings is 1. The van der Waals surface area contributed by atoms with Crippen molar-refractivity contribution in [3.63, 3.8) is 0 Å². The Kier molecular flexibility index (Phi) is 3.84. The zero-order chi connectivity index (χ0) is 12.3. The second kappa shape index (κ2) is 5.19. The first kappa shape index (κ1) is 12.6. The maximum Gasteiger partial charge on any atom is 0.105 e. The molecule has 1 unspecified atom stereocenters. The van der Waals surface area contributed by atoms with Crippen molar-refractivity contribution in [3.8, 4) is 0 Å². The third kappa shape index (κ3) is 2.69. The monoisotopic (exact) mass is 236 g/mol. The lowest BCUT2D eigenvalue weighted by molar-refractivity contribution is 0.0677. The fraction of sp³-hybridized carbons (Fsp3) is 0.769. The molecule has 0 aromatic carbocycles. The van der Waals surface area contributed by atoms with E-state index in [1.54, 1.807) is 0 Å². The molecule has 0 amide bonds. The van der Waals surface area contributed by atoms with Crippen LogP contribution in [0.4, 0.5) is 0 Å². The highest BCUT2D eigenvalue weighted by Gasteiger charge is 2.31. The molecule has 4 heteroatoms. The first-order chi connectivity index (χ1) is 8.15. The number of hydrogen-bond donors (Lipinski definition) is 1. The van der Waals surface area contributed by atoms with E-state index in [1.807, 2.05) is 6.20 Å². The molecule has 1 atom stereocenters. The molecule has 17 heavy (non-hydrogen) atoms. The van der Waals surface area contributed by atoms with Crippen molar-refractivity contribution < 1.29 is 0 Å². The van der Waals surface area contributed by atoms with Crippen LogP contribution in [0.3, 0.4) is 0 Å². The summed E-state index contributed by atoms with van der Waals surface area (Å²) in [5, 5.41) is 3.50. The van der Waals surface area contributed by atoms with Crippen molar-refractivity contribution in [1.29, 1.82) is 0 Å². The first-order valence-corrected chi connectivity index (χ1v) is 6.59. The van der Waals surface area contributed by atoms with Crippen LogP contribution in [-0.4, -0.2) is 46.2 Å². The quantitative estimate of drug-likeness (QED) is 0.854. The Balaban J connectivity index is 1.95. The van der Waals surface area contributed by atoms with Crippen LogP contribution in [0.15, 0.2) is 12.4 Å². The zero-order valence-corrected chi connectivity index (χ0v) is 11.2. The highest BCUT2D eigenvalue weighted by atomic mass is 15.3. The molecular weight excluding hydrogens is 212 g/mol. The van der Waals surface area contributed by atoms with E-state index < -0.39 is 0 Å². The highest BCUT2D eigenvalue weighted by Crippen LogP contribution is 2.20. The molecular formula is C13H24N4. The number of rotatable bonds is 4. The van der Waals surface area contributed by atoms with Crippen molar-refractivity contribution >= 4 is 0 Å². The number of aromatic nitrogens is 2. The minimum Gasteiger partial charge on any atom is -0.334 e. The standard InChI is InChI=1S/C13H24N4/c1-4-13(3)11-14-5-8-17(13)10-9-16-7-6-15-12(16)2/h6-7,14H,4-5,8-11H2,1-3H3. The van der Waals surface area contributed by atoms with E-state index >= 15 is 0 Å². The number of hydrogen-bond acceptors (Lipinski definition) is 3. The van der Waals surface area contributed by atoms with Crippen LogP contribution >= 0.6 is 0 Å². The molecule has 0 saturated carbocycles. The molecule has 1 saturated heterocycles. The Bertz CT molecular complexity index is 360. The lowest BCUT2D eigenvalue weighted by atomic mass is 9.94. The van der Waals surface area contributed by atoms with Gasteiger partial charge in [-0.1, -0.05) is 6.92 Å². The molecule has 1 aliphatic heterocycles. The third-order valence-electron chi connectivity index (χ3n) is 4.12. The van der Waals surface area contributed by atoms with E-state index in [-0.39, 0.29) is 0 Å². The second-order valence-corrected chi connectivity index (χ2v) is 5.18. The van der Waals surface area contributed by atoms with E-state index in [0.29, 0.717) is 5.54 Å². The van der Waals surface area contributed by atoms with E-state index in [2.05, 4.69) is 46.7 Å². The van der Waals surface area contributed by atoms with Gasteiger partial charge in [-0.3, -0.25) is 4.90 Å². The Morgan fingerprint density at radius 3 is 2.94 bits per heavy atom. The molecule has 1 fully saturated rings. The van der Waals surface area contributed by atoms with Crippen LogP contribution in [0.2, 0.25) is 0 Å². The Morgan fingerprint density at radius 2 is 2.29 bits per heavy atom. The Morgan fingerprint density at radius 1 is 1.47 bits per heavy atom. The molecule has 1 N–H and O–H groups in total. The van der Waals surface area contributed by atoms with Crippen LogP contribution in [-0.2, 0) is 6.54 Å². The summed E-state index contributed by atoms with van der Waals surface area (Å²) in [5.41, 5.74) is 0.312. The zero-order valence-electron chi connectivity index (χ0n) is 11.2. The molecule has 2 heterocycles. The summed E-state index contributed by atoms with van der Waals surface area (Å²) < 4.78 is 2.23. The van der Waals surface area contributed by atoms with Gasteiger partial charge in [0.2, 0.25) is 0 Å². The van der Waals surface area contributed by atoms with Crippen molar-refractivity contribution in [2.75, 3.05) is 26.2 Å². The van der Waals surface area contributed by atoms with Crippen LogP contribution in [0.1, 0.15) is 26.1 Å². The van der Waals surface area contributed by atoms with Gasteiger partial charge in [0.1, 0.15) is 5.82 Å². The molecule has 0 aliphatic carbocycles. The lowest BCUT2D eigenvalue weighted by Gasteiger charge is -2.45. The largest absolute Gasteiger partial charge is 0.334 e. The summed E-state index contributed by atoms with van der Waals surface area (Å²) in [6.07, 6.45) is 5.15. The van der Waals surface area contributed by atoms with Crippen molar-refractivity contribution in [2.24, 2.45) is 0 Å². The van der Waals surface area contributed by atoms with Gasteiger partial charge in [0.25, 0.3) is 0 Å². The minimum absolute atomic E-state index is 0.312. The summed E-state index contributed by atoms with van der Waals surface area (Å²) in [6, 6.07) is 0. The molecule has 4 nitrogen and oxygen atoms in total. The number of nitrogens with one attached hydrogen (secondary N) is 1. The smallest absolute Gasteiger partial charge is 0.105 e. The van der Waals surface area contributed by atoms with E-state index in [0.717, 1.165) is 38.5 Å². The normalized spacial score (nSPS) is 26.3. The van der Waals surface area contributed by atoms with Crippen molar-refractivity contribution in [3.05, 3.63) is 18.2 Å². The van der Waals surface area contributed by atoms with Crippen LogP contribution in [0.5, 0.6) is 0 Å². The number of aryl methyl sites for hydroxylation is 1. The van der Waals surface area contributed by atoms with Crippen LogP contribution in [0, 0.1) is 6.92 Å². The number of nitrogens with zero attached hydrogens (tertiary/aromatic N) is 3. The molecule has 1 aromatic heterocycles. The predicted molar refractivity (Wildman–Crippen MR) is 70.1 cm³/mol. The SMILES string of the molecule is CCC1(C)CNCCN1CCn1ccnc1C. The molecule has 1 aliphatic rings. The van der Waals surface area contributed by atoms with Gasteiger partial charge in [-0.2, -0.15) is 0 Å². The van der Waals surface area contributed by atoms with Gasteiger partial charge in [0.15, 0.2) is 0 Å². The topological polar surface area (TPSA) is 33.1 Å². The van der Waals surface area contributed by atoms with Crippen LogP contribution < -0.4 is 5.32 Å². The van der Waals surface area contributed by atoms with Crippen molar-refractivity contribution in [2.45, 2.75) is 39.3 Å². The molecule has 2 rings (SSSR count). The summed E-state index contributed by atoms with van der Waals surface area (Å²) in [6.45, 7) is 12.2. The summed E-state index contributed by atoms with van der Waals surface area (Å²) in [4.78, 5) is 6.88. The second-order valence-electron chi connectivity index (χ2n) is 5.18. The third-order valence-corrected chi connectivity index (χ3v) is 4.12.